The first-order valence-corrected chi connectivity index (χ1v) is 7.34. The molecule has 0 atom stereocenters. The van der Waals surface area contributed by atoms with Crippen LogP contribution in [0, 0.1) is 0 Å². The highest BCUT2D eigenvalue weighted by atomic mass is 35.5. The second-order valence-electron chi connectivity index (χ2n) is 4.87. The summed E-state index contributed by atoms with van der Waals surface area (Å²) in [5.74, 6) is 0.992. The van der Waals surface area contributed by atoms with Crippen molar-refractivity contribution >= 4 is 23.2 Å². The largest absolute Gasteiger partial charge is 0.495 e. The van der Waals surface area contributed by atoms with E-state index in [1.54, 1.807) is 23.9 Å². The molecule has 0 radical (unpaired) electrons. The lowest BCUT2D eigenvalue weighted by Crippen LogP contribution is -2.22. The van der Waals surface area contributed by atoms with Crippen LogP contribution in [-0.4, -0.2) is 29.4 Å². The van der Waals surface area contributed by atoms with Gasteiger partial charge in [-0.15, -0.1) is 0 Å². The van der Waals surface area contributed by atoms with Gasteiger partial charge in [-0.1, -0.05) is 11.6 Å². The molecule has 0 aliphatic carbocycles. The summed E-state index contributed by atoms with van der Waals surface area (Å²) in [5.41, 5.74) is 7.84. The number of rotatable bonds is 6. The maximum atomic E-state index is 6.06. The van der Waals surface area contributed by atoms with E-state index in [0.717, 1.165) is 18.5 Å². The van der Waals surface area contributed by atoms with Crippen molar-refractivity contribution in [2.24, 2.45) is 17.8 Å². The summed E-state index contributed by atoms with van der Waals surface area (Å²) < 4.78 is 6.89. The number of aryl methyl sites for hydroxylation is 2. The van der Waals surface area contributed by atoms with Crippen LogP contribution in [0.3, 0.4) is 0 Å². The number of guanidine groups is 1. The van der Waals surface area contributed by atoms with Gasteiger partial charge >= 0.3 is 0 Å². The number of benzene rings is 1. The van der Waals surface area contributed by atoms with Crippen molar-refractivity contribution in [1.82, 2.24) is 9.78 Å². The van der Waals surface area contributed by atoms with Crippen LogP contribution < -0.4 is 15.8 Å². The predicted molar refractivity (Wildman–Crippen MR) is 89.6 cm³/mol. The molecule has 0 bridgehead atoms. The van der Waals surface area contributed by atoms with Gasteiger partial charge in [-0.2, -0.15) is 5.10 Å². The van der Waals surface area contributed by atoms with Crippen LogP contribution in [0.2, 0.25) is 5.02 Å². The van der Waals surface area contributed by atoms with Gasteiger partial charge < -0.3 is 15.8 Å². The highest BCUT2D eigenvalue weighted by molar-refractivity contribution is 6.32. The Labute approximate surface area is 134 Å². The number of nitrogens with two attached hydrogens (primary N) is 1. The fourth-order valence-corrected chi connectivity index (χ4v) is 2.27. The van der Waals surface area contributed by atoms with Gasteiger partial charge in [-0.25, -0.2) is 0 Å². The molecule has 0 saturated carbocycles. The zero-order valence-corrected chi connectivity index (χ0v) is 13.5. The number of nitrogens with one attached hydrogen (secondary N) is 1. The predicted octanol–water partition coefficient (Wildman–Crippen LogP) is 2.44. The van der Waals surface area contributed by atoms with Gasteiger partial charge in [0.15, 0.2) is 5.96 Å². The van der Waals surface area contributed by atoms with Crippen molar-refractivity contribution in [3.05, 3.63) is 41.2 Å². The molecule has 0 amide bonds. The summed E-state index contributed by atoms with van der Waals surface area (Å²) in [6.07, 6.45) is 5.71. The lowest BCUT2D eigenvalue weighted by molar-refractivity contribution is 0.415. The molecule has 0 fully saturated rings. The van der Waals surface area contributed by atoms with Gasteiger partial charge in [0.2, 0.25) is 0 Å². The van der Waals surface area contributed by atoms with Gasteiger partial charge in [0, 0.05) is 25.5 Å². The van der Waals surface area contributed by atoms with E-state index in [1.165, 1.54) is 5.56 Å². The fraction of sp³-hybridized carbons (Fsp3) is 0.333. The monoisotopic (exact) mass is 321 g/mol. The average molecular weight is 322 g/mol. The minimum Gasteiger partial charge on any atom is -0.495 e. The summed E-state index contributed by atoms with van der Waals surface area (Å²) in [5, 5.41) is 7.66. The zero-order valence-electron chi connectivity index (χ0n) is 12.7. The Hall–Kier alpha value is -2.21. The van der Waals surface area contributed by atoms with Gasteiger partial charge in [0.05, 0.1) is 18.3 Å². The molecule has 0 spiro atoms. The third kappa shape index (κ3) is 4.66. The summed E-state index contributed by atoms with van der Waals surface area (Å²) >= 11 is 6.06. The summed E-state index contributed by atoms with van der Waals surface area (Å²) in [7, 11) is 3.48. The third-order valence-corrected chi connectivity index (χ3v) is 3.38. The van der Waals surface area contributed by atoms with Crippen LogP contribution in [0.15, 0.2) is 35.6 Å². The van der Waals surface area contributed by atoms with Gasteiger partial charge in [-0.05, 0) is 36.6 Å². The lowest BCUT2D eigenvalue weighted by Gasteiger charge is -2.08. The smallest absolute Gasteiger partial charge is 0.193 e. The minimum atomic E-state index is 0.368. The molecular formula is C15H20ClN5O. The second kappa shape index (κ2) is 7.70. The molecule has 1 aromatic carbocycles. The first-order valence-electron chi connectivity index (χ1n) is 6.96. The van der Waals surface area contributed by atoms with E-state index < -0.39 is 0 Å². The van der Waals surface area contributed by atoms with Gasteiger partial charge in [-0.3, -0.25) is 9.67 Å². The molecule has 1 aromatic heterocycles. The normalized spacial score (nSPS) is 11.5. The number of aromatic nitrogens is 2. The Morgan fingerprint density at radius 2 is 2.32 bits per heavy atom. The highest BCUT2D eigenvalue weighted by Gasteiger charge is 2.02. The van der Waals surface area contributed by atoms with Crippen molar-refractivity contribution in [2.75, 3.05) is 19.0 Å². The maximum Gasteiger partial charge on any atom is 0.193 e. The topological polar surface area (TPSA) is 77.5 Å². The molecule has 3 N–H and O–H groups in total. The summed E-state index contributed by atoms with van der Waals surface area (Å²) in [6.45, 7) is 0.650. The minimum absolute atomic E-state index is 0.368. The Bertz CT molecular complexity index is 653. The van der Waals surface area contributed by atoms with Crippen LogP contribution in [-0.2, 0) is 13.5 Å². The number of hydrogen-bond donors (Lipinski definition) is 2. The number of anilines is 1. The van der Waals surface area contributed by atoms with Crippen LogP contribution in [0.25, 0.3) is 0 Å². The number of halogens is 1. The first-order chi connectivity index (χ1) is 10.6. The van der Waals surface area contributed by atoms with Gasteiger partial charge in [0.25, 0.3) is 0 Å². The third-order valence-electron chi connectivity index (χ3n) is 3.09. The van der Waals surface area contributed by atoms with Crippen molar-refractivity contribution in [3.63, 3.8) is 0 Å². The Morgan fingerprint density at radius 1 is 1.50 bits per heavy atom. The van der Waals surface area contributed by atoms with E-state index in [0.29, 0.717) is 23.3 Å². The van der Waals surface area contributed by atoms with E-state index in [1.807, 2.05) is 25.5 Å². The van der Waals surface area contributed by atoms with Gasteiger partial charge in [0.1, 0.15) is 5.75 Å². The standard InChI is InChI=1S/C15H20ClN5O/c1-21-10-11(9-19-21)4-3-7-18-15(17)20-12-5-6-14(22-2)13(16)8-12/h5-6,8-10H,3-4,7H2,1-2H3,(H3,17,18,20). The fourth-order valence-electron chi connectivity index (χ4n) is 2.02. The average Bonchev–Trinajstić information content (AvgIpc) is 2.89. The molecule has 0 aliphatic heterocycles. The Balaban J connectivity index is 1.81. The summed E-state index contributed by atoms with van der Waals surface area (Å²) in [6, 6.07) is 5.36. The number of aliphatic imine (C=N–C) groups is 1. The molecule has 0 saturated heterocycles. The van der Waals surface area contributed by atoms with Crippen LogP contribution >= 0.6 is 11.6 Å². The van der Waals surface area contributed by atoms with E-state index in [-0.39, 0.29) is 0 Å². The van der Waals surface area contributed by atoms with Crippen LogP contribution in [0.1, 0.15) is 12.0 Å². The maximum absolute atomic E-state index is 6.06. The SMILES string of the molecule is COc1ccc(NC(N)=NCCCc2cnn(C)c2)cc1Cl. The first kappa shape index (κ1) is 16.2. The van der Waals surface area contributed by atoms with E-state index in [2.05, 4.69) is 15.4 Å². The zero-order chi connectivity index (χ0) is 15.9. The Morgan fingerprint density at radius 3 is 2.95 bits per heavy atom. The summed E-state index contributed by atoms with van der Waals surface area (Å²) in [4.78, 5) is 4.30. The molecule has 1 heterocycles. The molecule has 0 unspecified atom stereocenters. The van der Waals surface area contributed by atoms with E-state index in [4.69, 9.17) is 22.1 Å². The number of hydrogen-bond acceptors (Lipinski definition) is 3. The van der Waals surface area contributed by atoms with E-state index in [9.17, 15) is 0 Å². The van der Waals surface area contributed by atoms with Crippen LogP contribution in [0.5, 0.6) is 5.75 Å². The quantitative estimate of drug-likeness (QED) is 0.486. The Kier molecular flexibility index (Phi) is 5.66. The molecule has 2 aromatic rings. The number of ether oxygens (including phenoxy) is 1. The van der Waals surface area contributed by atoms with Crippen molar-refractivity contribution < 1.29 is 4.74 Å². The highest BCUT2D eigenvalue weighted by Crippen LogP contribution is 2.26. The van der Waals surface area contributed by atoms with Crippen molar-refractivity contribution in [1.29, 1.82) is 0 Å². The molecule has 22 heavy (non-hydrogen) atoms. The molecular weight excluding hydrogens is 302 g/mol. The lowest BCUT2D eigenvalue weighted by atomic mass is 10.2. The molecule has 0 aliphatic rings. The second-order valence-corrected chi connectivity index (χ2v) is 5.27. The van der Waals surface area contributed by atoms with Crippen molar-refractivity contribution in [3.8, 4) is 5.75 Å². The van der Waals surface area contributed by atoms with Crippen LogP contribution in [0.4, 0.5) is 5.69 Å². The van der Waals surface area contributed by atoms with E-state index >= 15 is 0 Å². The number of nitrogens with zero attached hydrogens (tertiary/aromatic N) is 3. The van der Waals surface area contributed by atoms with Crippen molar-refractivity contribution in [2.45, 2.75) is 12.8 Å². The molecule has 7 heteroatoms. The molecule has 6 nitrogen and oxygen atoms in total. The molecule has 2 rings (SSSR count). The number of methoxy groups -OCH3 is 1. The molecule has 118 valence electrons.